The molecule has 0 aliphatic carbocycles. The molecular weight excluding hydrogens is 272 g/mol. The van der Waals surface area contributed by atoms with Crippen LogP contribution in [0.15, 0.2) is 10.6 Å². The second kappa shape index (κ2) is 7.74. The van der Waals surface area contributed by atoms with E-state index in [2.05, 4.69) is 32.3 Å². The summed E-state index contributed by atoms with van der Waals surface area (Å²) >= 11 is 0. The maximum atomic E-state index is 12.6. The molecule has 0 aromatic heterocycles. The number of hydrogen-bond donors (Lipinski definition) is 1. The summed E-state index contributed by atoms with van der Waals surface area (Å²) in [7, 11) is -2.60. The lowest BCUT2D eigenvalue weighted by Gasteiger charge is -2.25. The van der Waals surface area contributed by atoms with E-state index in [0.717, 1.165) is 30.6 Å². The molecule has 0 heterocycles. The smallest absolute Gasteiger partial charge is 0.0866 e. The number of rotatable bonds is 7. The van der Waals surface area contributed by atoms with Gasteiger partial charge in [-0.15, -0.1) is 0 Å². The lowest BCUT2D eigenvalue weighted by Crippen LogP contribution is -2.31. The Hall–Kier alpha value is 0.0669. The highest BCUT2D eigenvalue weighted by molar-refractivity contribution is 7.90. The van der Waals surface area contributed by atoms with Crippen molar-refractivity contribution in [2.75, 3.05) is 0 Å². The van der Waals surface area contributed by atoms with Gasteiger partial charge in [0.2, 0.25) is 0 Å². The van der Waals surface area contributed by atoms with E-state index in [1.54, 1.807) is 0 Å². The SMILES string of the molecule is CCCCC[C@H](O)/C(=C\[Si](C)(C)C)[S@@](=O)C(C)(C)C. The van der Waals surface area contributed by atoms with Crippen molar-refractivity contribution < 1.29 is 9.32 Å². The standard InChI is InChI=1S/C15H32O2SSi/c1-8-9-10-11-13(16)14(12-19(5,6)7)18(17)15(2,3)4/h12-13,16H,8-11H2,1-7H3/b14-12+/t13-,18+/m0/s1. The quantitative estimate of drug-likeness (QED) is 0.564. The van der Waals surface area contributed by atoms with Gasteiger partial charge in [0.05, 0.1) is 25.0 Å². The van der Waals surface area contributed by atoms with E-state index >= 15 is 0 Å². The van der Waals surface area contributed by atoms with Crippen molar-refractivity contribution in [1.82, 2.24) is 0 Å². The first kappa shape index (κ1) is 19.1. The summed E-state index contributed by atoms with van der Waals surface area (Å²) in [6, 6.07) is 0. The van der Waals surface area contributed by atoms with E-state index in [-0.39, 0.29) is 4.75 Å². The zero-order valence-corrected chi connectivity index (χ0v) is 15.6. The van der Waals surface area contributed by atoms with E-state index in [1.807, 2.05) is 20.8 Å². The van der Waals surface area contributed by atoms with Crippen LogP contribution in [-0.4, -0.2) is 28.2 Å². The minimum atomic E-state index is -1.49. The van der Waals surface area contributed by atoms with Crippen LogP contribution in [0.4, 0.5) is 0 Å². The van der Waals surface area contributed by atoms with Gasteiger partial charge in [0, 0.05) is 9.65 Å². The molecule has 114 valence electrons. The topological polar surface area (TPSA) is 37.3 Å². The van der Waals surface area contributed by atoms with Gasteiger partial charge < -0.3 is 5.11 Å². The maximum absolute atomic E-state index is 12.6. The second-order valence-corrected chi connectivity index (χ2v) is 14.6. The van der Waals surface area contributed by atoms with Crippen molar-refractivity contribution in [2.45, 2.75) is 83.9 Å². The predicted molar refractivity (Wildman–Crippen MR) is 89.5 cm³/mol. The third-order valence-electron chi connectivity index (χ3n) is 2.76. The van der Waals surface area contributed by atoms with Crippen LogP contribution in [0.5, 0.6) is 0 Å². The highest BCUT2D eigenvalue weighted by Crippen LogP contribution is 2.26. The monoisotopic (exact) mass is 304 g/mol. The highest BCUT2D eigenvalue weighted by atomic mass is 32.2. The zero-order valence-electron chi connectivity index (χ0n) is 13.7. The summed E-state index contributed by atoms with van der Waals surface area (Å²) < 4.78 is 12.3. The van der Waals surface area contributed by atoms with Crippen LogP contribution in [0.3, 0.4) is 0 Å². The van der Waals surface area contributed by atoms with Crippen molar-refractivity contribution in [3.05, 3.63) is 10.6 Å². The number of unbranched alkanes of at least 4 members (excludes halogenated alkanes) is 2. The Kier molecular flexibility index (Phi) is 7.77. The predicted octanol–water partition coefficient (Wildman–Crippen LogP) is 4.24. The van der Waals surface area contributed by atoms with Gasteiger partial charge in [0.25, 0.3) is 0 Å². The molecule has 0 bridgehead atoms. The van der Waals surface area contributed by atoms with E-state index in [0.29, 0.717) is 0 Å². The molecule has 0 aliphatic heterocycles. The van der Waals surface area contributed by atoms with Crippen molar-refractivity contribution in [1.29, 1.82) is 0 Å². The molecule has 19 heavy (non-hydrogen) atoms. The average Bonchev–Trinajstić information content (AvgIpc) is 2.22. The summed E-state index contributed by atoms with van der Waals surface area (Å²) in [4.78, 5) is 0.766. The van der Waals surface area contributed by atoms with Crippen molar-refractivity contribution in [3.8, 4) is 0 Å². The minimum Gasteiger partial charge on any atom is -0.388 e. The molecule has 4 heteroatoms. The van der Waals surface area contributed by atoms with Gasteiger partial charge in [-0.05, 0) is 27.2 Å². The lowest BCUT2D eigenvalue weighted by molar-refractivity contribution is 0.204. The third kappa shape index (κ3) is 8.05. The molecule has 0 rings (SSSR count). The summed E-state index contributed by atoms with van der Waals surface area (Å²) in [5, 5.41) is 10.4. The summed E-state index contributed by atoms with van der Waals surface area (Å²) in [6.07, 6.45) is 3.45. The molecule has 0 aromatic carbocycles. The Bertz CT molecular complexity index is 324. The Morgan fingerprint density at radius 3 is 2.16 bits per heavy atom. The summed E-state index contributed by atoms with van der Waals surface area (Å²) in [6.45, 7) is 14.7. The van der Waals surface area contributed by atoms with Gasteiger partial charge >= 0.3 is 0 Å². The van der Waals surface area contributed by atoms with Crippen LogP contribution in [0.2, 0.25) is 19.6 Å². The van der Waals surface area contributed by atoms with Crippen LogP contribution >= 0.6 is 0 Å². The first-order valence-corrected chi connectivity index (χ1v) is 12.0. The van der Waals surface area contributed by atoms with Crippen LogP contribution in [0.1, 0.15) is 53.4 Å². The Morgan fingerprint density at radius 2 is 1.79 bits per heavy atom. The molecule has 0 spiro atoms. The van der Waals surface area contributed by atoms with Crippen LogP contribution in [0.25, 0.3) is 0 Å². The number of aliphatic hydroxyl groups is 1. The molecule has 2 atom stereocenters. The molecule has 1 N–H and O–H groups in total. The maximum Gasteiger partial charge on any atom is 0.0866 e. The molecule has 0 aliphatic rings. The number of aliphatic hydroxyl groups excluding tert-OH is 1. The average molecular weight is 305 g/mol. The van der Waals surface area contributed by atoms with E-state index in [9.17, 15) is 9.32 Å². The van der Waals surface area contributed by atoms with Crippen molar-refractivity contribution in [3.63, 3.8) is 0 Å². The largest absolute Gasteiger partial charge is 0.388 e. The van der Waals surface area contributed by atoms with E-state index < -0.39 is 25.0 Å². The molecular formula is C15H32O2SSi. The minimum absolute atomic E-state index is 0.308. The van der Waals surface area contributed by atoms with Crippen LogP contribution in [-0.2, 0) is 10.8 Å². The first-order chi connectivity index (χ1) is 8.49. The van der Waals surface area contributed by atoms with E-state index in [1.165, 1.54) is 0 Å². The van der Waals surface area contributed by atoms with Gasteiger partial charge in [-0.3, -0.25) is 4.21 Å². The van der Waals surface area contributed by atoms with Crippen molar-refractivity contribution >= 4 is 18.9 Å². The van der Waals surface area contributed by atoms with Gasteiger partial charge in [0.15, 0.2) is 0 Å². The zero-order chi connectivity index (χ0) is 15.3. The fraction of sp³-hybridized carbons (Fsp3) is 0.867. The molecule has 0 radical (unpaired) electrons. The first-order valence-electron chi connectivity index (χ1n) is 7.31. The van der Waals surface area contributed by atoms with Gasteiger partial charge in [0.1, 0.15) is 0 Å². The van der Waals surface area contributed by atoms with Crippen molar-refractivity contribution in [2.24, 2.45) is 0 Å². The lowest BCUT2D eigenvalue weighted by atomic mass is 10.1. The Morgan fingerprint density at radius 1 is 1.26 bits per heavy atom. The summed E-state index contributed by atoms with van der Waals surface area (Å²) in [5.74, 6) is 0. The Balaban J connectivity index is 5.09. The molecule has 0 fully saturated rings. The molecule has 0 saturated carbocycles. The highest BCUT2D eigenvalue weighted by Gasteiger charge is 2.29. The fourth-order valence-electron chi connectivity index (χ4n) is 1.78. The van der Waals surface area contributed by atoms with E-state index in [4.69, 9.17) is 0 Å². The van der Waals surface area contributed by atoms with Gasteiger partial charge in [-0.2, -0.15) is 0 Å². The molecule has 0 unspecified atom stereocenters. The second-order valence-electron chi connectivity index (χ2n) is 7.31. The molecule has 0 saturated heterocycles. The fourth-order valence-corrected chi connectivity index (χ4v) is 5.39. The normalized spacial score (nSPS) is 17.4. The van der Waals surface area contributed by atoms with Gasteiger partial charge in [-0.25, -0.2) is 0 Å². The van der Waals surface area contributed by atoms with Gasteiger partial charge in [-0.1, -0.05) is 51.5 Å². The Labute approximate surface area is 123 Å². The van der Waals surface area contributed by atoms with Crippen LogP contribution < -0.4 is 0 Å². The molecule has 2 nitrogen and oxygen atoms in total. The number of hydrogen-bond acceptors (Lipinski definition) is 2. The molecule has 0 aromatic rings. The molecule has 0 amide bonds. The summed E-state index contributed by atoms with van der Waals surface area (Å²) in [5.41, 5.74) is 2.13. The third-order valence-corrected chi connectivity index (χ3v) is 6.07. The van der Waals surface area contributed by atoms with Crippen LogP contribution in [0, 0.1) is 0 Å².